The van der Waals surface area contributed by atoms with Crippen LogP contribution in [0.3, 0.4) is 0 Å². The van der Waals surface area contributed by atoms with Crippen LogP contribution in [0, 0.1) is 0 Å². The van der Waals surface area contributed by atoms with E-state index >= 15 is 0 Å². The molecule has 2 atom stereocenters. The van der Waals surface area contributed by atoms with Crippen LogP contribution < -0.4 is 5.73 Å². The fourth-order valence-corrected chi connectivity index (χ4v) is 12.3. The molecule has 0 saturated heterocycles. The van der Waals surface area contributed by atoms with Gasteiger partial charge in [0.2, 0.25) is 0 Å². The Kier molecular flexibility index (Phi) is 73.9. The Bertz CT molecular complexity index is 1770. The maximum absolute atomic E-state index is 12.8. The third-order valence-electron chi connectivity index (χ3n) is 17.3. The van der Waals surface area contributed by atoms with Crippen LogP contribution in [-0.2, 0) is 32.7 Å². The predicted octanol–water partition coefficient (Wildman–Crippen LogP) is 26.1. The molecule has 91 heavy (non-hydrogen) atoms. The van der Waals surface area contributed by atoms with Gasteiger partial charge in [0, 0.05) is 19.4 Å². The second-order valence-electron chi connectivity index (χ2n) is 26.2. The normalized spacial score (nSPS) is 13.3. The van der Waals surface area contributed by atoms with E-state index in [-0.39, 0.29) is 38.6 Å². The summed E-state index contributed by atoms with van der Waals surface area (Å²) in [6.07, 6.45) is 103. The summed E-state index contributed by atoms with van der Waals surface area (Å²) in [5.74, 6) is -0.807. The summed E-state index contributed by atoms with van der Waals surface area (Å²) in [5.41, 5.74) is 5.41. The summed E-state index contributed by atoms with van der Waals surface area (Å²) in [6.45, 7) is 3.69. The number of allylic oxidation sites excluding steroid dienone is 14. The van der Waals surface area contributed by atoms with Gasteiger partial charge >= 0.3 is 19.8 Å². The summed E-state index contributed by atoms with van der Waals surface area (Å²) in [7, 11) is -4.40. The Morgan fingerprint density at radius 2 is 0.604 bits per heavy atom. The summed E-state index contributed by atoms with van der Waals surface area (Å²) in [4.78, 5) is 35.4. The fourth-order valence-electron chi connectivity index (χ4n) is 11.5. The average Bonchev–Trinajstić information content (AvgIpc) is 3.71. The van der Waals surface area contributed by atoms with E-state index in [9.17, 15) is 19.0 Å². The summed E-state index contributed by atoms with van der Waals surface area (Å²) in [5, 5.41) is 0. The molecule has 0 heterocycles. The van der Waals surface area contributed by atoms with Gasteiger partial charge in [0.05, 0.1) is 13.2 Å². The standard InChI is InChI=1S/C81H148NO8P/c1-3-5-7-9-11-13-15-17-19-21-23-25-27-29-31-33-35-36-37-38-39-40-41-42-44-46-48-50-52-54-56-58-60-62-64-66-68-70-72-74-81(84)90-79(78-89-91(85,86)88-76-75-82)77-87-80(83)73-71-69-67-65-63-61-59-57-55-53-51-49-47-45-43-34-32-30-28-26-24-22-20-18-16-14-12-10-8-6-4-2/h5,7,11,13,17,19,22-25,29,31,35-36,79H,3-4,6,8-10,12,14-16,18,20-21,26-28,30,32-34,37-78,82H2,1-2H3,(H,85,86)/b7-5-,13-11-,19-17-,24-22-,25-23-,31-29-,36-35-. The number of nitrogens with two attached hydrogens (primary N) is 1. The molecule has 0 bridgehead atoms. The monoisotopic (exact) mass is 1290 g/mol. The summed E-state index contributed by atoms with van der Waals surface area (Å²) >= 11 is 0. The zero-order valence-electron chi connectivity index (χ0n) is 59.8. The molecule has 9 nitrogen and oxygen atoms in total. The number of hydrogen-bond acceptors (Lipinski definition) is 8. The van der Waals surface area contributed by atoms with Crippen molar-refractivity contribution in [3.05, 3.63) is 85.1 Å². The van der Waals surface area contributed by atoms with Crippen LogP contribution in [0.4, 0.5) is 0 Å². The van der Waals surface area contributed by atoms with Gasteiger partial charge < -0.3 is 20.1 Å². The molecule has 0 spiro atoms. The lowest BCUT2D eigenvalue weighted by atomic mass is 10.0. The molecular weight excluding hydrogens is 1150 g/mol. The molecule has 0 radical (unpaired) electrons. The molecule has 0 aliphatic heterocycles. The van der Waals surface area contributed by atoms with Gasteiger partial charge in [-0.3, -0.25) is 18.6 Å². The van der Waals surface area contributed by atoms with Gasteiger partial charge in [-0.2, -0.15) is 0 Å². The van der Waals surface area contributed by atoms with Crippen LogP contribution in [0.25, 0.3) is 0 Å². The fraction of sp³-hybridized carbons (Fsp3) is 0.802. The number of esters is 2. The molecule has 10 heteroatoms. The molecule has 2 unspecified atom stereocenters. The van der Waals surface area contributed by atoms with Crippen molar-refractivity contribution in [2.45, 2.75) is 392 Å². The number of carbonyl (C=O) groups is 2. The van der Waals surface area contributed by atoms with Gasteiger partial charge in [-0.1, -0.05) is 369 Å². The molecular formula is C81H148NO8P. The van der Waals surface area contributed by atoms with Gasteiger partial charge in [-0.25, -0.2) is 4.57 Å². The van der Waals surface area contributed by atoms with Crippen LogP contribution in [0.2, 0.25) is 0 Å². The van der Waals surface area contributed by atoms with Crippen molar-refractivity contribution in [2.75, 3.05) is 26.4 Å². The SMILES string of the molecule is CC/C=C\C/C=C\C/C=C\C/C=C\C/C=C\C/C=C\CCCCCCCCCCCCCCCCCCCCCCC(=O)OC(COC(=O)CCCCCCCCCCCCCCCCCCCCC/C=C\CCCCCCCCCC)COP(=O)(O)OCCN. The van der Waals surface area contributed by atoms with E-state index in [1.165, 1.54) is 283 Å². The minimum absolute atomic E-state index is 0.0541. The Balaban J connectivity index is 3.79. The molecule has 0 rings (SSSR count). The molecule has 0 fully saturated rings. The highest BCUT2D eigenvalue weighted by molar-refractivity contribution is 7.47. The predicted molar refractivity (Wildman–Crippen MR) is 395 cm³/mol. The second-order valence-corrected chi connectivity index (χ2v) is 27.7. The van der Waals surface area contributed by atoms with Gasteiger partial charge in [-0.15, -0.1) is 0 Å². The molecule has 0 aliphatic carbocycles. The summed E-state index contributed by atoms with van der Waals surface area (Å²) in [6, 6.07) is 0. The van der Waals surface area contributed by atoms with Crippen molar-refractivity contribution in [1.29, 1.82) is 0 Å². The van der Waals surface area contributed by atoms with Gasteiger partial charge in [-0.05, 0) is 89.9 Å². The van der Waals surface area contributed by atoms with Crippen molar-refractivity contribution < 1.29 is 37.6 Å². The number of rotatable bonds is 74. The molecule has 0 saturated carbocycles. The van der Waals surface area contributed by atoms with E-state index in [4.69, 9.17) is 24.3 Å². The van der Waals surface area contributed by atoms with Crippen LogP contribution >= 0.6 is 7.82 Å². The Hall–Kier alpha value is -2.81. The molecule has 0 amide bonds. The highest BCUT2D eigenvalue weighted by atomic mass is 31.2. The Morgan fingerprint density at radius 3 is 0.912 bits per heavy atom. The van der Waals surface area contributed by atoms with E-state index in [0.717, 1.165) is 70.6 Å². The van der Waals surface area contributed by atoms with Crippen LogP contribution in [0.5, 0.6) is 0 Å². The first-order valence-electron chi connectivity index (χ1n) is 39.1. The topological polar surface area (TPSA) is 134 Å². The lowest BCUT2D eigenvalue weighted by molar-refractivity contribution is -0.161. The number of phosphoric acid groups is 1. The van der Waals surface area contributed by atoms with E-state index in [1.807, 2.05) is 0 Å². The van der Waals surface area contributed by atoms with Crippen molar-refractivity contribution in [3.8, 4) is 0 Å². The van der Waals surface area contributed by atoms with Crippen LogP contribution in [-0.4, -0.2) is 49.3 Å². The first-order valence-corrected chi connectivity index (χ1v) is 40.6. The first kappa shape index (κ1) is 88.2. The van der Waals surface area contributed by atoms with Gasteiger partial charge in [0.15, 0.2) is 6.10 Å². The van der Waals surface area contributed by atoms with E-state index < -0.39 is 26.5 Å². The number of ether oxygens (including phenoxy) is 2. The summed E-state index contributed by atoms with van der Waals surface area (Å²) < 4.78 is 33.3. The Morgan fingerprint density at radius 1 is 0.341 bits per heavy atom. The van der Waals surface area contributed by atoms with E-state index in [0.29, 0.717) is 6.42 Å². The molecule has 0 aromatic heterocycles. The van der Waals surface area contributed by atoms with E-state index in [1.54, 1.807) is 0 Å². The smallest absolute Gasteiger partial charge is 0.462 e. The lowest BCUT2D eigenvalue weighted by Crippen LogP contribution is -2.29. The van der Waals surface area contributed by atoms with Crippen molar-refractivity contribution in [2.24, 2.45) is 5.73 Å². The molecule has 0 aromatic carbocycles. The van der Waals surface area contributed by atoms with Crippen molar-refractivity contribution >= 4 is 19.8 Å². The number of carbonyl (C=O) groups excluding carboxylic acids is 2. The van der Waals surface area contributed by atoms with Gasteiger partial charge in [0.25, 0.3) is 0 Å². The van der Waals surface area contributed by atoms with Crippen molar-refractivity contribution in [3.63, 3.8) is 0 Å². The largest absolute Gasteiger partial charge is 0.472 e. The first-order chi connectivity index (χ1) is 44.8. The van der Waals surface area contributed by atoms with Crippen molar-refractivity contribution in [1.82, 2.24) is 0 Å². The maximum Gasteiger partial charge on any atom is 0.472 e. The lowest BCUT2D eigenvalue weighted by Gasteiger charge is -2.19. The quantitative estimate of drug-likeness (QED) is 0.0264. The third kappa shape index (κ3) is 76.1. The third-order valence-corrected chi connectivity index (χ3v) is 18.2. The zero-order valence-corrected chi connectivity index (χ0v) is 60.7. The number of phosphoric ester groups is 1. The van der Waals surface area contributed by atoms with Crippen LogP contribution in [0.1, 0.15) is 386 Å². The molecule has 530 valence electrons. The highest BCUT2D eigenvalue weighted by Crippen LogP contribution is 2.43. The maximum atomic E-state index is 12.8. The van der Waals surface area contributed by atoms with E-state index in [2.05, 4.69) is 98.9 Å². The molecule has 3 N–H and O–H groups in total. The molecule has 0 aliphatic rings. The minimum Gasteiger partial charge on any atom is -0.462 e. The molecule has 0 aromatic rings. The average molecular weight is 1300 g/mol. The number of unbranched alkanes of at least 4 members (excludes halogenated alkanes) is 47. The minimum atomic E-state index is -4.40. The highest BCUT2D eigenvalue weighted by Gasteiger charge is 2.26. The zero-order chi connectivity index (χ0) is 65.8. The number of hydrogen-bond donors (Lipinski definition) is 2. The second kappa shape index (κ2) is 76.2. The van der Waals surface area contributed by atoms with Gasteiger partial charge in [0.1, 0.15) is 6.61 Å². The Labute approximate surface area is 564 Å². The van der Waals surface area contributed by atoms with Crippen LogP contribution in [0.15, 0.2) is 85.1 Å².